The summed E-state index contributed by atoms with van der Waals surface area (Å²) in [4.78, 5) is 11.7. The van der Waals surface area contributed by atoms with Crippen LogP contribution < -0.4 is 20.5 Å². The van der Waals surface area contributed by atoms with Crippen molar-refractivity contribution in [3.8, 4) is 11.5 Å². The molecule has 5 nitrogen and oxygen atoms in total. The summed E-state index contributed by atoms with van der Waals surface area (Å²) in [5.41, 5.74) is 5.89. The van der Waals surface area contributed by atoms with Crippen LogP contribution in [0, 0.1) is 0 Å². The Morgan fingerprint density at radius 2 is 2.06 bits per heavy atom. The van der Waals surface area contributed by atoms with Gasteiger partial charge in [-0.15, -0.1) is 0 Å². The largest absolute Gasteiger partial charge is 0.490 e. The zero-order chi connectivity index (χ0) is 12.1. The molecule has 0 atom stereocenters. The number of carbonyl (C=O) groups excluding carboxylic acids is 1. The fraction of sp³-hybridized carbons (Fsp3) is 0.417. The van der Waals surface area contributed by atoms with Gasteiger partial charge in [-0.3, -0.25) is 4.79 Å². The second-order valence-corrected chi connectivity index (χ2v) is 3.76. The van der Waals surface area contributed by atoms with Crippen molar-refractivity contribution >= 4 is 5.91 Å². The van der Waals surface area contributed by atoms with Crippen LogP contribution in [-0.4, -0.2) is 32.2 Å². The number of nitrogens with two attached hydrogens (primary N) is 1. The zero-order valence-corrected chi connectivity index (χ0v) is 9.57. The molecule has 17 heavy (non-hydrogen) atoms. The van der Waals surface area contributed by atoms with Crippen LogP contribution in [0.15, 0.2) is 18.2 Å². The fourth-order valence-electron chi connectivity index (χ4n) is 1.59. The predicted molar refractivity (Wildman–Crippen MR) is 63.4 cm³/mol. The number of hydrogen-bond donors (Lipinski definition) is 2. The van der Waals surface area contributed by atoms with E-state index in [-0.39, 0.29) is 5.91 Å². The average Bonchev–Trinajstić information content (AvgIpc) is 2.60. The van der Waals surface area contributed by atoms with Gasteiger partial charge >= 0.3 is 0 Å². The molecule has 0 spiro atoms. The average molecular weight is 236 g/mol. The second kappa shape index (κ2) is 5.54. The number of carbonyl (C=O) groups is 1. The van der Waals surface area contributed by atoms with Crippen LogP contribution in [0.1, 0.15) is 16.8 Å². The molecule has 0 aromatic heterocycles. The van der Waals surface area contributed by atoms with Gasteiger partial charge in [0.15, 0.2) is 11.5 Å². The molecular weight excluding hydrogens is 220 g/mol. The first-order valence-corrected chi connectivity index (χ1v) is 5.69. The molecule has 3 N–H and O–H groups in total. The van der Waals surface area contributed by atoms with E-state index in [0.717, 1.165) is 6.42 Å². The Morgan fingerprint density at radius 3 is 2.82 bits per heavy atom. The SMILES string of the molecule is NCCNC(=O)c1ccc2c(c1)OCCCO2. The van der Waals surface area contributed by atoms with E-state index in [9.17, 15) is 4.79 Å². The molecule has 0 unspecified atom stereocenters. The molecule has 1 heterocycles. The maximum absolute atomic E-state index is 11.7. The normalized spacial score (nSPS) is 13.9. The quantitative estimate of drug-likeness (QED) is 0.803. The van der Waals surface area contributed by atoms with Crippen molar-refractivity contribution in [1.82, 2.24) is 5.32 Å². The summed E-state index contributed by atoms with van der Waals surface area (Å²) in [7, 11) is 0. The minimum atomic E-state index is -0.147. The van der Waals surface area contributed by atoms with Gasteiger partial charge in [0.2, 0.25) is 0 Å². The molecule has 1 aliphatic rings. The molecule has 0 saturated heterocycles. The van der Waals surface area contributed by atoms with Crippen molar-refractivity contribution in [1.29, 1.82) is 0 Å². The van der Waals surface area contributed by atoms with Crippen molar-refractivity contribution in [2.75, 3.05) is 26.3 Å². The van der Waals surface area contributed by atoms with Crippen molar-refractivity contribution in [2.45, 2.75) is 6.42 Å². The third kappa shape index (κ3) is 2.88. The first-order chi connectivity index (χ1) is 8.31. The van der Waals surface area contributed by atoms with E-state index >= 15 is 0 Å². The van der Waals surface area contributed by atoms with E-state index in [1.54, 1.807) is 18.2 Å². The van der Waals surface area contributed by atoms with Gasteiger partial charge in [-0.2, -0.15) is 0 Å². The lowest BCUT2D eigenvalue weighted by molar-refractivity contribution is 0.0954. The molecule has 0 aliphatic carbocycles. The van der Waals surface area contributed by atoms with Gasteiger partial charge in [-0.1, -0.05) is 0 Å². The van der Waals surface area contributed by atoms with Crippen molar-refractivity contribution in [3.63, 3.8) is 0 Å². The first-order valence-electron chi connectivity index (χ1n) is 5.69. The zero-order valence-electron chi connectivity index (χ0n) is 9.57. The number of ether oxygens (including phenoxy) is 2. The molecule has 5 heteroatoms. The Hall–Kier alpha value is -1.75. The summed E-state index contributed by atoms with van der Waals surface area (Å²) in [6.07, 6.45) is 0.851. The van der Waals surface area contributed by atoms with Crippen molar-refractivity contribution < 1.29 is 14.3 Å². The summed E-state index contributed by atoms with van der Waals surface area (Å²) in [6.45, 7) is 2.15. The van der Waals surface area contributed by atoms with Gasteiger partial charge in [0.1, 0.15) is 0 Å². The van der Waals surface area contributed by atoms with Crippen LogP contribution in [0.3, 0.4) is 0 Å². The Morgan fingerprint density at radius 1 is 1.29 bits per heavy atom. The van der Waals surface area contributed by atoms with E-state index in [0.29, 0.717) is 43.4 Å². The maximum atomic E-state index is 11.7. The minimum absolute atomic E-state index is 0.147. The summed E-state index contributed by atoms with van der Waals surface area (Å²) in [5, 5.41) is 2.71. The molecule has 2 rings (SSSR count). The molecular formula is C12H16N2O3. The Labute approximate surface area is 99.9 Å². The van der Waals surface area contributed by atoms with E-state index in [4.69, 9.17) is 15.2 Å². The van der Waals surface area contributed by atoms with Gasteiger partial charge in [-0.25, -0.2) is 0 Å². The van der Waals surface area contributed by atoms with E-state index in [1.807, 2.05) is 0 Å². The number of amides is 1. The molecule has 1 amide bonds. The number of nitrogens with one attached hydrogen (secondary N) is 1. The van der Waals surface area contributed by atoms with Gasteiger partial charge in [0, 0.05) is 25.1 Å². The number of benzene rings is 1. The number of hydrogen-bond acceptors (Lipinski definition) is 4. The molecule has 1 aromatic carbocycles. The van der Waals surface area contributed by atoms with Crippen LogP contribution in [0.5, 0.6) is 11.5 Å². The summed E-state index contributed by atoms with van der Waals surface area (Å²) < 4.78 is 11.0. The highest BCUT2D eigenvalue weighted by atomic mass is 16.5. The molecule has 92 valence electrons. The van der Waals surface area contributed by atoms with Crippen molar-refractivity contribution in [2.24, 2.45) is 5.73 Å². The Kier molecular flexibility index (Phi) is 3.82. The molecule has 0 bridgehead atoms. The minimum Gasteiger partial charge on any atom is -0.490 e. The predicted octanol–water partition coefficient (Wildman–Crippen LogP) is 0.536. The smallest absolute Gasteiger partial charge is 0.251 e. The highest BCUT2D eigenvalue weighted by Crippen LogP contribution is 2.30. The fourth-order valence-corrected chi connectivity index (χ4v) is 1.59. The summed E-state index contributed by atoms with van der Waals surface area (Å²) in [5.74, 6) is 1.17. The summed E-state index contributed by atoms with van der Waals surface area (Å²) >= 11 is 0. The van der Waals surface area contributed by atoms with Gasteiger partial charge < -0.3 is 20.5 Å². The van der Waals surface area contributed by atoms with Crippen molar-refractivity contribution in [3.05, 3.63) is 23.8 Å². The lowest BCUT2D eigenvalue weighted by Crippen LogP contribution is -2.28. The van der Waals surface area contributed by atoms with Gasteiger partial charge in [0.05, 0.1) is 13.2 Å². The highest BCUT2D eigenvalue weighted by molar-refractivity contribution is 5.94. The van der Waals surface area contributed by atoms with Gasteiger partial charge in [0.25, 0.3) is 5.91 Å². The maximum Gasteiger partial charge on any atom is 0.251 e. The Bertz CT molecular complexity index is 407. The molecule has 0 fully saturated rings. The van der Waals surface area contributed by atoms with Crippen LogP contribution >= 0.6 is 0 Å². The topological polar surface area (TPSA) is 73.6 Å². The third-order valence-corrected chi connectivity index (χ3v) is 2.44. The number of fused-ring (bicyclic) bond motifs is 1. The van der Waals surface area contributed by atoms with Crippen LogP contribution in [-0.2, 0) is 0 Å². The molecule has 0 radical (unpaired) electrons. The van der Waals surface area contributed by atoms with Crippen LogP contribution in [0.4, 0.5) is 0 Å². The van der Waals surface area contributed by atoms with Gasteiger partial charge in [-0.05, 0) is 18.2 Å². The molecule has 0 saturated carbocycles. The molecule has 1 aliphatic heterocycles. The lowest BCUT2D eigenvalue weighted by Gasteiger charge is -2.09. The van der Waals surface area contributed by atoms with E-state index in [1.165, 1.54) is 0 Å². The van der Waals surface area contributed by atoms with Crippen LogP contribution in [0.2, 0.25) is 0 Å². The monoisotopic (exact) mass is 236 g/mol. The first kappa shape index (κ1) is 11.7. The highest BCUT2D eigenvalue weighted by Gasteiger charge is 2.13. The van der Waals surface area contributed by atoms with Crippen LogP contribution in [0.25, 0.3) is 0 Å². The Balaban J connectivity index is 2.14. The third-order valence-electron chi connectivity index (χ3n) is 2.44. The standard InChI is InChI=1S/C12H16N2O3/c13-4-5-14-12(15)9-2-3-10-11(8-9)17-7-1-6-16-10/h2-3,8H,1,4-7,13H2,(H,14,15). The molecule has 1 aromatic rings. The second-order valence-electron chi connectivity index (χ2n) is 3.76. The lowest BCUT2D eigenvalue weighted by atomic mass is 10.2. The number of rotatable bonds is 3. The van der Waals surface area contributed by atoms with E-state index < -0.39 is 0 Å². The summed E-state index contributed by atoms with van der Waals surface area (Å²) in [6, 6.07) is 5.18. The van der Waals surface area contributed by atoms with E-state index in [2.05, 4.69) is 5.32 Å².